The number of anilines is 1. The molecule has 0 unspecified atom stereocenters. The van der Waals surface area contributed by atoms with Gasteiger partial charge in [-0.1, -0.05) is 11.8 Å². The van der Waals surface area contributed by atoms with Gasteiger partial charge in [-0.15, -0.1) is 0 Å². The van der Waals surface area contributed by atoms with E-state index in [4.69, 9.17) is 5.73 Å². The first kappa shape index (κ1) is 12.6. The van der Waals surface area contributed by atoms with E-state index in [-0.39, 0.29) is 5.56 Å². The quantitative estimate of drug-likeness (QED) is 0.649. The van der Waals surface area contributed by atoms with Crippen LogP contribution in [0.5, 0.6) is 0 Å². The molecule has 2 aromatic rings. The predicted molar refractivity (Wildman–Crippen MR) is 72.5 cm³/mol. The largest absolute Gasteiger partial charge is 0.398 e. The smallest absolute Gasteiger partial charge is 0.251 e. The molecule has 3 N–H and O–H groups in total. The highest BCUT2D eigenvalue weighted by atomic mass is 32.2. The van der Waals surface area contributed by atoms with Gasteiger partial charge in [-0.05, 0) is 25.0 Å². The molecule has 0 fully saturated rings. The summed E-state index contributed by atoms with van der Waals surface area (Å²) in [6, 6.07) is 1.39. The summed E-state index contributed by atoms with van der Waals surface area (Å²) in [7, 11) is 0. The number of rotatable bonds is 3. The molecule has 0 aliphatic heterocycles. The lowest BCUT2D eigenvalue weighted by molar-refractivity contribution is 0.934. The van der Waals surface area contributed by atoms with Crippen LogP contribution in [-0.4, -0.2) is 15.0 Å². The highest BCUT2D eigenvalue weighted by Crippen LogP contribution is 2.23. The minimum atomic E-state index is -0.152. The third kappa shape index (κ3) is 2.70. The molecule has 94 valence electrons. The number of nitrogens with two attached hydrogens (primary N) is 1. The minimum Gasteiger partial charge on any atom is -0.398 e. The Kier molecular flexibility index (Phi) is 3.66. The molecule has 2 heterocycles. The average Bonchev–Trinajstić information content (AvgIpc) is 2.35. The van der Waals surface area contributed by atoms with Gasteiger partial charge >= 0.3 is 0 Å². The lowest BCUT2D eigenvalue weighted by Gasteiger charge is -2.09. The second-order valence-corrected chi connectivity index (χ2v) is 4.92. The molecule has 0 aliphatic rings. The van der Waals surface area contributed by atoms with Crippen molar-refractivity contribution in [2.75, 3.05) is 5.73 Å². The second-order valence-electron chi connectivity index (χ2n) is 3.95. The highest BCUT2D eigenvalue weighted by Gasteiger charge is 2.07. The van der Waals surface area contributed by atoms with E-state index in [0.29, 0.717) is 10.9 Å². The first-order chi connectivity index (χ1) is 8.58. The topological polar surface area (TPSA) is 84.7 Å². The fourth-order valence-electron chi connectivity index (χ4n) is 1.50. The first-order valence-electron chi connectivity index (χ1n) is 5.46. The Labute approximate surface area is 109 Å². The number of aromatic amines is 1. The van der Waals surface area contributed by atoms with Crippen LogP contribution in [-0.2, 0) is 5.75 Å². The van der Waals surface area contributed by atoms with Crippen molar-refractivity contribution in [1.82, 2.24) is 15.0 Å². The maximum atomic E-state index is 11.1. The molecule has 2 aromatic heterocycles. The fourth-order valence-corrected chi connectivity index (χ4v) is 2.37. The fraction of sp³-hybridized carbons (Fsp3) is 0.250. The standard InChI is InChI=1S/C12H14N4OS/c1-7-5-15-9(8(2)11(7)13)6-18-12-14-4-3-10(17)16-12/h3-5H,6H2,1-2H3,(H2,13,15)(H,14,16,17). The first-order valence-corrected chi connectivity index (χ1v) is 6.45. The zero-order valence-corrected chi connectivity index (χ0v) is 11.0. The van der Waals surface area contributed by atoms with Gasteiger partial charge in [-0.25, -0.2) is 4.98 Å². The van der Waals surface area contributed by atoms with Crippen LogP contribution in [0, 0.1) is 13.8 Å². The SMILES string of the molecule is Cc1cnc(CSc2nccc(=O)[nH]2)c(C)c1N. The van der Waals surface area contributed by atoms with Gasteiger partial charge in [0, 0.05) is 29.9 Å². The molecule has 0 atom stereocenters. The monoisotopic (exact) mass is 262 g/mol. The summed E-state index contributed by atoms with van der Waals surface area (Å²) in [5.74, 6) is 0.628. The van der Waals surface area contributed by atoms with E-state index in [1.165, 1.54) is 24.0 Å². The molecule has 0 aromatic carbocycles. The molecule has 5 nitrogen and oxygen atoms in total. The molecule has 0 bridgehead atoms. The Morgan fingerprint density at radius 3 is 2.89 bits per heavy atom. The van der Waals surface area contributed by atoms with Gasteiger partial charge in [0.15, 0.2) is 5.16 Å². The third-order valence-corrected chi connectivity index (χ3v) is 3.57. The zero-order chi connectivity index (χ0) is 13.1. The number of thioether (sulfide) groups is 1. The maximum absolute atomic E-state index is 11.1. The number of hydrogen-bond donors (Lipinski definition) is 2. The predicted octanol–water partition coefficient (Wildman–Crippen LogP) is 1.66. The van der Waals surface area contributed by atoms with Crippen molar-refractivity contribution in [2.24, 2.45) is 0 Å². The lowest BCUT2D eigenvalue weighted by atomic mass is 10.1. The molecule has 0 saturated heterocycles. The van der Waals surface area contributed by atoms with Gasteiger partial charge in [-0.3, -0.25) is 9.78 Å². The number of nitrogens with zero attached hydrogens (tertiary/aromatic N) is 2. The van der Waals surface area contributed by atoms with Gasteiger partial charge in [0.1, 0.15) is 0 Å². The molecular weight excluding hydrogens is 248 g/mol. The van der Waals surface area contributed by atoms with E-state index in [2.05, 4.69) is 15.0 Å². The number of aromatic nitrogens is 3. The summed E-state index contributed by atoms with van der Waals surface area (Å²) in [5, 5.41) is 0.586. The van der Waals surface area contributed by atoms with Crippen LogP contribution >= 0.6 is 11.8 Å². The molecule has 0 amide bonds. The second kappa shape index (κ2) is 5.22. The van der Waals surface area contributed by atoms with Gasteiger partial charge in [0.05, 0.1) is 5.69 Å². The van der Waals surface area contributed by atoms with Crippen LogP contribution in [0.15, 0.2) is 28.4 Å². The summed E-state index contributed by atoms with van der Waals surface area (Å²) in [6.45, 7) is 3.88. The Bertz CT molecular complexity index is 624. The maximum Gasteiger partial charge on any atom is 0.251 e. The van der Waals surface area contributed by atoms with Crippen molar-refractivity contribution in [3.63, 3.8) is 0 Å². The van der Waals surface area contributed by atoms with E-state index < -0.39 is 0 Å². The van der Waals surface area contributed by atoms with E-state index in [9.17, 15) is 4.79 Å². The van der Waals surface area contributed by atoms with Crippen molar-refractivity contribution in [2.45, 2.75) is 24.8 Å². The summed E-state index contributed by atoms with van der Waals surface area (Å²) in [5.41, 5.74) is 9.45. The van der Waals surface area contributed by atoms with Crippen molar-refractivity contribution in [1.29, 1.82) is 0 Å². The van der Waals surface area contributed by atoms with Crippen molar-refractivity contribution in [3.8, 4) is 0 Å². The van der Waals surface area contributed by atoms with Crippen LogP contribution < -0.4 is 11.3 Å². The molecule has 6 heteroatoms. The van der Waals surface area contributed by atoms with Crippen molar-refractivity contribution < 1.29 is 0 Å². The summed E-state index contributed by atoms with van der Waals surface area (Å²) >= 11 is 1.43. The van der Waals surface area contributed by atoms with E-state index >= 15 is 0 Å². The van der Waals surface area contributed by atoms with Crippen LogP contribution in [0.25, 0.3) is 0 Å². The molecular formula is C12H14N4OS. The Morgan fingerprint density at radius 1 is 1.39 bits per heavy atom. The molecule has 0 spiro atoms. The Hall–Kier alpha value is -1.82. The van der Waals surface area contributed by atoms with Gasteiger partial charge in [0.25, 0.3) is 5.56 Å². The summed E-state index contributed by atoms with van der Waals surface area (Å²) < 4.78 is 0. The third-order valence-electron chi connectivity index (χ3n) is 2.67. The number of aryl methyl sites for hydroxylation is 1. The summed E-state index contributed by atoms with van der Waals surface area (Å²) in [6.07, 6.45) is 3.25. The normalized spacial score (nSPS) is 10.6. The van der Waals surface area contributed by atoms with Crippen LogP contribution in [0.4, 0.5) is 5.69 Å². The average molecular weight is 262 g/mol. The van der Waals surface area contributed by atoms with Crippen LogP contribution in [0.3, 0.4) is 0 Å². The Balaban J connectivity index is 2.16. The number of nitrogen functional groups attached to an aromatic ring is 1. The van der Waals surface area contributed by atoms with Crippen LogP contribution in [0.1, 0.15) is 16.8 Å². The molecule has 0 radical (unpaired) electrons. The van der Waals surface area contributed by atoms with Crippen LogP contribution in [0.2, 0.25) is 0 Å². The van der Waals surface area contributed by atoms with E-state index in [1.807, 2.05) is 13.8 Å². The highest BCUT2D eigenvalue weighted by molar-refractivity contribution is 7.98. The van der Waals surface area contributed by atoms with Crippen molar-refractivity contribution >= 4 is 17.4 Å². The number of H-pyrrole nitrogens is 1. The van der Waals surface area contributed by atoms with Crippen molar-refractivity contribution in [3.05, 3.63) is 45.6 Å². The molecule has 2 rings (SSSR count). The molecule has 0 aliphatic carbocycles. The van der Waals surface area contributed by atoms with Gasteiger partial charge in [-0.2, -0.15) is 0 Å². The number of pyridine rings is 1. The molecule has 18 heavy (non-hydrogen) atoms. The lowest BCUT2D eigenvalue weighted by Crippen LogP contribution is -2.06. The number of hydrogen-bond acceptors (Lipinski definition) is 5. The van der Waals surface area contributed by atoms with Gasteiger partial charge in [0.2, 0.25) is 0 Å². The van der Waals surface area contributed by atoms with Gasteiger partial charge < -0.3 is 10.7 Å². The molecule has 0 saturated carbocycles. The zero-order valence-electron chi connectivity index (χ0n) is 10.2. The summed E-state index contributed by atoms with van der Waals surface area (Å²) in [4.78, 5) is 22.2. The van der Waals surface area contributed by atoms with E-state index in [0.717, 1.165) is 22.5 Å². The Morgan fingerprint density at radius 2 is 2.17 bits per heavy atom. The van der Waals surface area contributed by atoms with E-state index in [1.54, 1.807) is 6.20 Å². The minimum absolute atomic E-state index is 0.152. The number of nitrogens with one attached hydrogen (secondary N) is 1.